The van der Waals surface area contributed by atoms with Crippen molar-refractivity contribution in [3.63, 3.8) is 0 Å². The third kappa shape index (κ3) is 2.91. The van der Waals surface area contributed by atoms with Crippen molar-refractivity contribution in [1.82, 2.24) is 20.1 Å². The SMILES string of the molecule is O=C(NCCc1nnc2n1CCCCC2)c1cc2ccccc2o1. The summed E-state index contributed by atoms with van der Waals surface area (Å²) >= 11 is 0. The molecule has 124 valence electrons. The van der Waals surface area contributed by atoms with Crippen LogP contribution in [-0.4, -0.2) is 27.2 Å². The van der Waals surface area contributed by atoms with Crippen LogP contribution in [-0.2, 0) is 19.4 Å². The summed E-state index contributed by atoms with van der Waals surface area (Å²) in [4.78, 5) is 12.2. The number of hydrogen-bond acceptors (Lipinski definition) is 4. The first-order valence-electron chi connectivity index (χ1n) is 8.49. The minimum atomic E-state index is -0.193. The standard InChI is InChI=1S/C18H20N4O2/c23-18(15-12-13-6-3-4-7-14(13)24-15)19-10-9-17-21-20-16-8-2-1-5-11-22(16)17/h3-4,6-7,12H,1-2,5,8-11H2,(H,19,23). The fourth-order valence-electron chi connectivity index (χ4n) is 3.20. The van der Waals surface area contributed by atoms with Crippen LogP contribution in [0.5, 0.6) is 0 Å². The highest BCUT2D eigenvalue weighted by molar-refractivity contribution is 5.96. The van der Waals surface area contributed by atoms with Crippen LogP contribution in [0.2, 0.25) is 0 Å². The molecule has 0 fully saturated rings. The molecule has 0 bridgehead atoms. The number of aromatic nitrogens is 3. The Balaban J connectivity index is 1.38. The van der Waals surface area contributed by atoms with E-state index in [1.807, 2.05) is 24.3 Å². The molecule has 6 nitrogen and oxygen atoms in total. The summed E-state index contributed by atoms with van der Waals surface area (Å²) in [5, 5.41) is 12.4. The van der Waals surface area contributed by atoms with Crippen LogP contribution in [0.25, 0.3) is 11.0 Å². The molecule has 0 saturated carbocycles. The Bertz CT molecular complexity index is 832. The number of benzene rings is 1. The van der Waals surface area contributed by atoms with Gasteiger partial charge in [-0.05, 0) is 25.0 Å². The topological polar surface area (TPSA) is 73.0 Å². The van der Waals surface area contributed by atoms with Crippen LogP contribution in [0.4, 0.5) is 0 Å². The van der Waals surface area contributed by atoms with Gasteiger partial charge in [0.05, 0.1) is 0 Å². The molecule has 0 saturated heterocycles. The lowest BCUT2D eigenvalue weighted by molar-refractivity contribution is 0.0928. The Kier molecular flexibility index (Phi) is 4.02. The van der Waals surface area contributed by atoms with Crippen LogP contribution >= 0.6 is 0 Å². The summed E-state index contributed by atoms with van der Waals surface area (Å²) < 4.78 is 7.79. The van der Waals surface area contributed by atoms with Crippen LogP contribution in [0.15, 0.2) is 34.7 Å². The third-order valence-electron chi connectivity index (χ3n) is 4.47. The summed E-state index contributed by atoms with van der Waals surface area (Å²) in [6, 6.07) is 9.38. The first kappa shape index (κ1) is 14.9. The van der Waals surface area contributed by atoms with E-state index >= 15 is 0 Å². The number of nitrogens with one attached hydrogen (secondary N) is 1. The maximum atomic E-state index is 12.2. The number of furan rings is 1. The van der Waals surface area contributed by atoms with Gasteiger partial charge in [-0.2, -0.15) is 0 Å². The second kappa shape index (κ2) is 6.47. The largest absolute Gasteiger partial charge is 0.451 e. The van der Waals surface area contributed by atoms with Gasteiger partial charge in [0.1, 0.15) is 17.2 Å². The zero-order chi connectivity index (χ0) is 16.4. The van der Waals surface area contributed by atoms with Gasteiger partial charge < -0.3 is 14.3 Å². The van der Waals surface area contributed by atoms with Crippen molar-refractivity contribution in [2.45, 2.75) is 38.6 Å². The number of para-hydroxylation sites is 1. The number of hydrogen-bond donors (Lipinski definition) is 1. The molecule has 0 aliphatic carbocycles. The minimum Gasteiger partial charge on any atom is -0.451 e. The van der Waals surface area contributed by atoms with Gasteiger partial charge in [-0.3, -0.25) is 4.79 Å². The Labute approximate surface area is 139 Å². The minimum absolute atomic E-state index is 0.193. The number of amides is 1. The van der Waals surface area contributed by atoms with Gasteiger partial charge in [0.2, 0.25) is 0 Å². The highest BCUT2D eigenvalue weighted by atomic mass is 16.3. The summed E-state index contributed by atoms with van der Waals surface area (Å²) in [5.74, 6) is 2.18. The summed E-state index contributed by atoms with van der Waals surface area (Å²) in [6.45, 7) is 1.50. The molecule has 1 N–H and O–H groups in total. The van der Waals surface area contributed by atoms with Crippen molar-refractivity contribution in [2.75, 3.05) is 6.54 Å². The molecule has 4 rings (SSSR count). The predicted octanol–water partition coefficient (Wildman–Crippen LogP) is 2.72. The van der Waals surface area contributed by atoms with E-state index in [4.69, 9.17) is 4.42 Å². The van der Waals surface area contributed by atoms with E-state index < -0.39 is 0 Å². The third-order valence-corrected chi connectivity index (χ3v) is 4.47. The van der Waals surface area contributed by atoms with Crippen molar-refractivity contribution in [3.8, 4) is 0 Å². The summed E-state index contributed by atoms with van der Waals surface area (Å²) in [6.07, 6.45) is 5.27. The van der Waals surface area contributed by atoms with E-state index in [1.54, 1.807) is 6.07 Å². The van der Waals surface area contributed by atoms with Gasteiger partial charge in [-0.15, -0.1) is 10.2 Å². The van der Waals surface area contributed by atoms with E-state index in [0.29, 0.717) is 18.7 Å². The molecule has 1 aliphatic rings. The molecule has 0 spiro atoms. The number of aryl methyl sites for hydroxylation is 1. The van der Waals surface area contributed by atoms with Gasteiger partial charge in [0, 0.05) is 31.3 Å². The van der Waals surface area contributed by atoms with Gasteiger partial charge in [-0.25, -0.2) is 0 Å². The number of carbonyl (C=O) groups is 1. The first-order chi connectivity index (χ1) is 11.8. The number of fused-ring (bicyclic) bond motifs is 2. The Morgan fingerprint density at radius 1 is 1.21 bits per heavy atom. The first-order valence-corrected chi connectivity index (χ1v) is 8.49. The second-order valence-electron chi connectivity index (χ2n) is 6.15. The molecule has 3 aromatic rings. The van der Waals surface area contributed by atoms with Crippen molar-refractivity contribution >= 4 is 16.9 Å². The van der Waals surface area contributed by atoms with E-state index in [-0.39, 0.29) is 5.91 Å². The number of carbonyl (C=O) groups excluding carboxylic acids is 1. The maximum absolute atomic E-state index is 12.2. The molecule has 0 atom stereocenters. The van der Waals surface area contributed by atoms with E-state index in [9.17, 15) is 4.79 Å². The normalized spacial score (nSPS) is 14.3. The summed E-state index contributed by atoms with van der Waals surface area (Å²) in [7, 11) is 0. The molecule has 1 amide bonds. The fourth-order valence-corrected chi connectivity index (χ4v) is 3.20. The second-order valence-corrected chi connectivity index (χ2v) is 6.15. The van der Waals surface area contributed by atoms with E-state index in [1.165, 1.54) is 19.3 Å². The van der Waals surface area contributed by atoms with Crippen LogP contribution in [0, 0.1) is 0 Å². The molecule has 0 radical (unpaired) electrons. The van der Waals surface area contributed by atoms with Crippen LogP contribution in [0.3, 0.4) is 0 Å². The molecular weight excluding hydrogens is 304 g/mol. The predicted molar refractivity (Wildman–Crippen MR) is 89.8 cm³/mol. The quantitative estimate of drug-likeness (QED) is 0.801. The highest BCUT2D eigenvalue weighted by Crippen LogP contribution is 2.18. The lowest BCUT2D eigenvalue weighted by Gasteiger charge is -2.07. The van der Waals surface area contributed by atoms with Gasteiger partial charge in [0.15, 0.2) is 5.76 Å². The number of rotatable bonds is 4. The molecular formula is C18H20N4O2. The molecule has 3 heterocycles. The average molecular weight is 324 g/mol. The van der Waals surface area contributed by atoms with E-state index in [0.717, 1.165) is 35.6 Å². The van der Waals surface area contributed by atoms with Crippen LogP contribution in [0.1, 0.15) is 41.5 Å². The fraction of sp³-hybridized carbons (Fsp3) is 0.389. The average Bonchev–Trinajstić information content (AvgIpc) is 3.12. The van der Waals surface area contributed by atoms with Gasteiger partial charge >= 0.3 is 0 Å². The monoisotopic (exact) mass is 324 g/mol. The Hall–Kier alpha value is -2.63. The molecule has 6 heteroatoms. The zero-order valence-electron chi connectivity index (χ0n) is 13.5. The van der Waals surface area contributed by atoms with Crippen molar-refractivity contribution < 1.29 is 9.21 Å². The molecule has 1 aliphatic heterocycles. The molecule has 2 aromatic heterocycles. The van der Waals surface area contributed by atoms with E-state index in [2.05, 4.69) is 20.1 Å². The smallest absolute Gasteiger partial charge is 0.287 e. The maximum Gasteiger partial charge on any atom is 0.287 e. The summed E-state index contributed by atoms with van der Waals surface area (Å²) in [5.41, 5.74) is 0.727. The van der Waals surface area contributed by atoms with Gasteiger partial charge in [0.25, 0.3) is 5.91 Å². The van der Waals surface area contributed by atoms with Crippen molar-refractivity contribution in [2.24, 2.45) is 0 Å². The van der Waals surface area contributed by atoms with Gasteiger partial charge in [-0.1, -0.05) is 24.6 Å². The molecule has 24 heavy (non-hydrogen) atoms. The lowest BCUT2D eigenvalue weighted by atomic mass is 10.2. The Morgan fingerprint density at radius 2 is 2.12 bits per heavy atom. The van der Waals surface area contributed by atoms with Crippen LogP contribution < -0.4 is 5.32 Å². The lowest BCUT2D eigenvalue weighted by Crippen LogP contribution is -2.26. The van der Waals surface area contributed by atoms with Crippen molar-refractivity contribution in [1.29, 1.82) is 0 Å². The highest BCUT2D eigenvalue weighted by Gasteiger charge is 2.15. The zero-order valence-corrected chi connectivity index (χ0v) is 13.5. The molecule has 0 unspecified atom stereocenters. The molecule has 1 aromatic carbocycles. The number of nitrogens with zero attached hydrogens (tertiary/aromatic N) is 3. The Morgan fingerprint density at radius 3 is 3.04 bits per heavy atom. The van der Waals surface area contributed by atoms with Crippen molar-refractivity contribution in [3.05, 3.63) is 47.7 Å².